The van der Waals surface area contributed by atoms with Crippen LogP contribution in [0.15, 0.2) is 41.3 Å². The van der Waals surface area contributed by atoms with Gasteiger partial charge in [-0.05, 0) is 17.4 Å². The highest BCUT2D eigenvalue weighted by molar-refractivity contribution is 6.06. The summed E-state index contributed by atoms with van der Waals surface area (Å²) in [7, 11) is 0. The first kappa shape index (κ1) is 11.0. The van der Waals surface area contributed by atoms with E-state index < -0.39 is 0 Å². The van der Waals surface area contributed by atoms with Gasteiger partial charge in [-0.3, -0.25) is 9.78 Å². The fourth-order valence-electron chi connectivity index (χ4n) is 2.38. The monoisotopic (exact) mass is 238 g/mol. The van der Waals surface area contributed by atoms with Crippen LogP contribution in [-0.4, -0.2) is 9.97 Å². The van der Waals surface area contributed by atoms with Crippen molar-refractivity contribution in [2.45, 2.75) is 19.8 Å². The Bertz CT molecular complexity index is 787. The number of pyridine rings is 2. The van der Waals surface area contributed by atoms with E-state index in [1.165, 1.54) is 0 Å². The molecule has 18 heavy (non-hydrogen) atoms. The van der Waals surface area contributed by atoms with Crippen LogP contribution in [0.3, 0.4) is 0 Å². The third kappa shape index (κ3) is 1.51. The first-order valence-corrected chi connectivity index (χ1v) is 6.08. The first-order valence-electron chi connectivity index (χ1n) is 6.08. The molecule has 0 amide bonds. The van der Waals surface area contributed by atoms with Crippen molar-refractivity contribution in [3.63, 3.8) is 0 Å². The van der Waals surface area contributed by atoms with Crippen LogP contribution in [0, 0.1) is 0 Å². The van der Waals surface area contributed by atoms with E-state index in [2.05, 4.69) is 23.8 Å². The van der Waals surface area contributed by atoms with Crippen LogP contribution in [0.4, 0.5) is 0 Å². The molecular formula is C15H14N2O. The van der Waals surface area contributed by atoms with E-state index in [9.17, 15) is 4.79 Å². The normalized spacial score (nSPS) is 11.5. The average molecular weight is 238 g/mol. The van der Waals surface area contributed by atoms with Gasteiger partial charge in [0.25, 0.3) is 5.56 Å². The lowest BCUT2D eigenvalue weighted by Crippen LogP contribution is -2.07. The summed E-state index contributed by atoms with van der Waals surface area (Å²) in [5, 5.41) is 2.72. The van der Waals surface area contributed by atoms with Crippen molar-refractivity contribution in [3.05, 3.63) is 52.6 Å². The van der Waals surface area contributed by atoms with Crippen molar-refractivity contribution in [2.24, 2.45) is 0 Å². The molecule has 0 unspecified atom stereocenters. The van der Waals surface area contributed by atoms with Crippen molar-refractivity contribution >= 4 is 21.7 Å². The number of aromatic nitrogens is 2. The van der Waals surface area contributed by atoms with Crippen LogP contribution >= 0.6 is 0 Å². The number of aromatic amines is 1. The average Bonchev–Trinajstić information content (AvgIpc) is 2.37. The van der Waals surface area contributed by atoms with Gasteiger partial charge in [0.2, 0.25) is 0 Å². The van der Waals surface area contributed by atoms with Gasteiger partial charge in [0.15, 0.2) is 0 Å². The Morgan fingerprint density at radius 3 is 2.56 bits per heavy atom. The molecule has 0 radical (unpaired) electrons. The molecule has 0 bridgehead atoms. The molecule has 3 rings (SSSR count). The quantitative estimate of drug-likeness (QED) is 0.662. The highest BCUT2D eigenvalue weighted by Gasteiger charge is 2.12. The van der Waals surface area contributed by atoms with Crippen LogP contribution in [0.5, 0.6) is 0 Å². The molecule has 3 nitrogen and oxygen atoms in total. The van der Waals surface area contributed by atoms with Gasteiger partial charge in [-0.1, -0.05) is 38.1 Å². The number of rotatable bonds is 1. The van der Waals surface area contributed by atoms with Crippen molar-refractivity contribution in [3.8, 4) is 0 Å². The van der Waals surface area contributed by atoms with E-state index in [0.29, 0.717) is 11.3 Å². The Balaban J connectivity index is 2.63. The van der Waals surface area contributed by atoms with E-state index >= 15 is 0 Å². The van der Waals surface area contributed by atoms with Gasteiger partial charge < -0.3 is 4.98 Å². The van der Waals surface area contributed by atoms with Crippen LogP contribution in [-0.2, 0) is 0 Å². The second kappa shape index (κ2) is 3.95. The second-order valence-corrected chi connectivity index (χ2v) is 4.76. The molecule has 0 fully saturated rings. The van der Waals surface area contributed by atoms with Crippen LogP contribution in [0.1, 0.15) is 25.5 Å². The smallest absolute Gasteiger partial charge is 0.258 e. The number of nitrogens with zero attached hydrogens (tertiary/aromatic N) is 1. The minimum Gasteiger partial charge on any atom is -0.328 e. The van der Waals surface area contributed by atoms with Gasteiger partial charge in [-0.15, -0.1) is 0 Å². The number of hydrogen-bond acceptors (Lipinski definition) is 2. The topological polar surface area (TPSA) is 45.8 Å². The van der Waals surface area contributed by atoms with Crippen molar-refractivity contribution in [1.29, 1.82) is 0 Å². The Kier molecular flexibility index (Phi) is 2.40. The van der Waals surface area contributed by atoms with Crippen molar-refractivity contribution in [1.82, 2.24) is 9.97 Å². The third-order valence-corrected chi connectivity index (χ3v) is 3.20. The predicted molar refractivity (Wildman–Crippen MR) is 74.0 cm³/mol. The summed E-state index contributed by atoms with van der Waals surface area (Å²) in [6, 6.07) is 9.82. The van der Waals surface area contributed by atoms with Gasteiger partial charge in [0, 0.05) is 11.6 Å². The largest absolute Gasteiger partial charge is 0.328 e. The summed E-state index contributed by atoms with van der Waals surface area (Å²) in [5.74, 6) is 0.332. The van der Waals surface area contributed by atoms with Gasteiger partial charge in [-0.25, -0.2) is 0 Å². The Hall–Kier alpha value is -2.16. The standard InChI is InChI=1S/C15H14N2O/c1-9(2)14-11-6-4-3-5-10(11)13-12(17-14)7-8-16-15(13)18/h3-9H,1-2H3,(H,16,18). The number of H-pyrrole nitrogens is 1. The van der Waals surface area contributed by atoms with Crippen molar-refractivity contribution < 1.29 is 0 Å². The summed E-state index contributed by atoms with van der Waals surface area (Å²) in [5.41, 5.74) is 1.73. The molecule has 1 N–H and O–H groups in total. The number of hydrogen-bond donors (Lipinski definition) is 1. The lowest BCUT2D eigenvalue weighted by atomic mass is 9.99. The molecule has 3 aromatic rings. The molecule has 0 saturated heterocycles. The first-order chi connectivity index (χ1) is 8.68. The zero-order valence-corrected chi connectivity index (χ0v) is 10.4. The lowest BCUT2D eigenvalue weighted by molar-refractivity contribution is 0.840. The molecule has 1 aromatic carbocycles. The zero-order valence-electron chi connectivity index (χ0n) is 10.4. The molecular weight excluding hydrogens is 224 g/mol. The molecule has 0 saturated carbocycles. The molecule has 0 aliphatic rings. The molecule has 0 spiro atoms. The fraction of sp³-hybridized carbons (Fsp3) is 0.200. The van der Waals surface area contributed by atoms with Crippen LogP contribution in [0.25, 0.3) is 21.7 Å². The summed E-state index contributed by atoms with van der Waals surface area (Å²) in [6.07, 6.45) is 1.65. The van der Waals surface area contributed by atoms with Gasteiger partial charge in [0.1, 0.15) is 0 Å². The van der Waals surface area contributed by atoms with Crippen molar-refractivity contribution in [2.75, 3.05) is 0 Å². The molecule has 2 heterocycles. The minimum absolute atomic E-state index is 0.0773. The van der Waals surface area contributed by atoms with Gasteiger partial charge in [0.05, 0.1) is 16.6 Å². The number of benzene rings is 1. The molecule has 3 heteroatoms. The van der Waals surface area contributed by atoms with E-state index in [1.807, 2.05) is 30.3 Å². The fourth-order valence-corrected chi connectivity index (χ4v) is 2.38. The maximum absolute atomic E-state index is 12.0. The summed E-state index contributed by atoms with van der Waals surface area (Å²) in [6.45, 7) is 4.24. The zero-order chi connectivity index (χ0) is 12.7. The summed E-state index contributed by atoms with van der Waals surface area (Å²) >= 11 is 0. The van der Waals surface area contributed by atoms with E-state index in [4.69, 9.17) is 0 Å². The Morgan fingerprint density at radius 1 is 1.11 bits per heavy atom. The van der Waals surface area contributed by atoms with E-state index in [1.54, 1.807) is 6.20 Å². The molecule has 90 valence electrons. The molecule has 0 atom stereocenters. The third-order valence-electron chi connectivity index (χ3n) is 3.20. The van der Waals surface area contributed by atoms with Crippen LogP contribution in [0.2, 0.25) is 0 Å². The van der Waals surface area contributed by atoms with E-state index in [-0.39, 0.29) is 5.56 Å². The summed E-state index contributed by atoms with van der Waals surface area (Å²) < 4.78 is 0. The maximum atomic E-state index is 12.0. The highest BCUT2D eigenvalue weighted by atomic mass is 16.1. The van der Waals surface area contributed by atoms with E-state index in [0.717, 1.165) is 22.0 Å². The highest BCUT2D eigenvalue weighted by Crippen LogP contribution is 2.27. The number of fused-ring (bicyclic) bond motifs is 3. The Labute approximate surface area is 104 Å². The summed E-state index contributed by atoms with van der Waals surface area (Å²) in [4.78, 5) is 19.3. The van der Waals surface area contributed by atoms with Gasteiger partial charge in [-0.2, -0.15) is 0 Å². The second-order valence-electron chi connectivity index (χ2n) is 4.76. The Morgan fingerprint density at radius 2 is 1.83 bits per heavy atom. The molecule has 0 aliphatic heterocycles. The molecule has 2 aromatic heterocycles. The van der Waals surface area contributed by atoms with Crippen LogP contribution < -0.4 is 5.56 Å². The lowest BCUT2D eigenvalue weighted by Gasteiger charge is -2.11. The predicted octanol–water partition coefficient (Wildman–Crippen LogP) is 3.20. The van der Waals surface area contributed by atoms with Gasteiger partial charge >= 0.3 is 0 Å². The number of nitrogens with one attached hydrogen (secondary N) is 1. The SMILES string of the molecule is CC(C)c1nc2cc[nH]c(=O)c2c2ccccc12. The maximum Gasteiger partial charge on any atom is 0.258 e. The minimum atomic E-state index is -0.0773. The molecule has 0 aliphatic carbocycles.